The van der Waals surface area contributed by atoms with Crippen molar-refractivity contribution in [2.24, 2.45) is 0 Å². The molecule has 0 spiro atoms. The van der Waals surface area contributed by atoms with E-state index in [1.165, 1.54) is 11.3 Å². The zero-order chi connectivity index (χ0) is 15.5. The van der Waals surface area contributed by atoms with Gasteiger partial charge in [0, 0.05) is 28.2 Å². The minimum Gasteiger partial charge on any atom is -0.327 e. The third-order valence-electron chi connectivity index (χ3n) is 3.57. The van der Waals surface area contributed by atoms with Gasteiger partial charge in [0.25, 0.3) is 5.91 Å². The van der Waals surface area contributed by atoms with Crippen molar-refractivity contribution in [1.82, 2.24) is 9.88 Å². The number of halogens is 1. The number of carbonyl (C=O) groups excluding carboxylic acids is 2. The summed E-state index contributed by atoms with van der Waals surface area (Å²) in [6.45, 7) is 0.602. The van der Waals surface area contributed by atoms with Crippen LogP contribution in [0.4, 0.5) is 5.13 Å². The van der Waals surface area contributed by atoms with Crippen LogP contribution in [0.5, 0.6) is 0 Å². The minimum atomic E-state index is -0.431. The fraction of sp³-hybridized carbons (Fsp3) is 0.267. The Hall–Kier alpha value is -1.73. The van der Waals surface area contributed by atoms with Crippen molar-refractivity contribution >= 4 is 44.2 Å². The Labute approximate surface area is 140 Å². The number of thiazole rings is 1. The average Bonchev–Trinajstić information content (AvgIpc) is 3.18. The molecule has 7 heteroatoms. The second-order valence-corrected chi connectivity index (χ2v) is 6.80. The van der Waals surface area contributed by atoms with Crippen molar-refractivity contribution in [3.05, 3.63) is 45.9 Å². The van der Waals surface area contributed by atoms with Crippen LogP contribution in [-0.2, 0) is 4.79 Å². The van der Waals surface area contributed by atoms with Crippen LogP contribution in [0.25, 0.3) is 0 Å². The number of nitrogens with zero attached hydrogens (tertiary/aromatic N) is 2. The number of amides is 2. The lowest BCUT2D eigenvalue weighted by Gasteiger charge is -2.23. The molecule has 1 aliphatic rings. The number of anilines is 1. The highest BCUT2D eigenvalue weighted by Crippen LogP contribution is 2.23. The number of carbonyl (C=O) groups is 2. The zero-order valence-electron chi connectivity index (χ0n) is 11.7. The number of aromatic nitrogens is 1. The molecule has 0 unspecified atom stereocenters. The summed E-state index contributed by atoms with van der Waals surface area (Å²) in [5.74, 6) is -0.276. The van der Waals surface area contributed by atoms with Gasteiger partial charge in [0.05, 0.1) is 0 Å². The van der Waals surface area contributed by atoms with Crippen molar-refractivity contribution in [2.75, 3.05) is 11.9 Å². The predicted molar refractivity (Wildman–Crippen MR) is 88.9 cm³/mol. The van der Waals surface area contributed by atoms with Crippen LogP contribution in [0.2, 0.25) is 0 Å². The maximum absolute atomic E-state index is 12.6. The Kier molecular flexibility index (Phi) is 4.54. The van der Waals surface area contributed by atoms with Crippen LogP contribution in [0.1, 0.15) is 23.2 Å². The topological polar surface area (TPSA) is 62.3 Å². The first kappa shape index (κ1) is 15.2. The summed E-state index contributed by atoms with van der Waals surface area (Å²) >= 11 is 4.72. The van der Waals surface area contributed by atoms with Crippen LogP contribution in [0.15, 0.2) is 40.3 Å². The third kappa shape index (κ3) is 3.20. The van der Waals surface area contributed by atoms with Gasteiger partial charge in [0.2, 0.25) is 5.91 Å². The standard InChI is InChI=1S/C15H14BrN3O2S/c16-11-5-3-10(4-6-11)14(21)19-8-1-2-12(19)13(20)18-15-17-7-9-22-15/h3-7,9,12H,1-2,8H2,(H,17,18,20)/t12-/m0/s1. The minimum absolute atomic E-state index is 0.107. The maximum Gasteiger partial charge on any atom is 0.254 e. The zero-order valence-corrected chi connectivity index (χ0v) is 14.1. The second kappa shape index (κ2) is 6.58. The van der Waals surface area contributed by atoms with Gasteiger partial charge in [0.15, 0.2) is 5.13 Å². The molecule has 5 nitrogen and oxygen atoms in total. The Morgan fingerprint density at radius 2 is 2.09 bits per heavy atom. The van der Waals surface area contributed by atoms with Gasteiger partial charge in [-0.1, -0.05) is 15.9 Å². The Bertz CT molecular complexity index is 673. The summed E-state index contributed by atoms with van der Waals surface area (Å²) in [7, 11) is 0. The highest BCUT2D eigenvalue weighted by molar-refractivity contribution is 9.10. The molecule has 0 bridgehead atoms. The molecule has 2 heterocycles. The van der Waals surface area contributed by atoms with E-state index in [1.54, 1.807) is 28.6 Å². The van der Waals surface area contributed by atoms with Gasteiger partial charge < -0.3 is 10.2 Å². The third-order valence-corrected chi connectivity index (χ3v) is 4.79. The van der Waals surface area contributed by atoms with Crippen LogP contribution in [-0.4, -0.2) is 34.3 Å². The number of hydrogen-bond donors (Lipinski definition) is 1. The molecule has 1 fully saturated rings. The van der Waals surface area contributed by atoms with E-state index in [2.05, 4.69) is 26.2 Å². The SMILES string of the molecule is O=C(Nc1nccs1)[C@@H]1CCCN1C(=O)c1ccc(Br)cc1. The first-order valence-electron chi connectivity index (χ1n) is 6.92. The molecule has 1 aromatic heterocycles. The van der Waals surface area contributed by atoms with E-state index in [9.17, 15) is 9.59 Å². The number of benzene rings is 1. The molecular weight excluding hydrogens is 366 g/mol. The largest absolute Gasteiger partial charge is 0.327 e. The van der Waals surface area contributed by atoms with Crippen LogP contribution in [0.3, 0.4) is 0 Å². The molecule has 2 aromatic rings. The number of hydrogen-bond acceptors (Lipinski definition) is 4. The normalized spacial score (nSPS) is 17.5. The summed E-state index contributed by atoms with van der Waals surface area (Å²) in [6, 6.07) is 6.75. The molecule has 1 aromatic carbocycles. The van der Waals surface area contributed by atoms with Gasteiger partial charge in [-0.25, -0.2) is 4.98 Å². The second-order valence-electron chi connectivity index (χ2n) is 4.99. The van der Waals surface area contributed by atoms with Gasteiger partial charge in [-0.15, -0.1) is 11.3 Å². The van der Waals surface area contributed by atoms with Gasteiger partial charge in [-0.05, 0) is 37.1 Å². The molecule has 22 heavy (non-hydrogen) atoms. The highest BCUT2D eigenvalue weighted by atomic mass is 79.9. The molecule has 0 aliphatic carbocycles. The Morgan fingerprint density at radius 3 is 2.77 bits per heavy atom. The molecule has 2 amide bonds. The van der Waals surface area contributed by atoms with Crippen LogP contribution in [0, 0.1) is 0 Å². The van der Waals surface area contributed by atoms with Crippen molar-refractivity contribution in [3.63, 3.8) is 0 Å². The molecule has 3 rings (SSSR count). The Balaban J connectivity index is 1.73. The monoisotopic (exact) mass is 379 g/mol. The quantitative estimate of drug-likeness (QED) is 0.890. The summed E-state index contributed by atoms with van der Waals surface area (Å²) in [5.41, 5.74) is 0.595. The lowest BCUT2D eigenvalue weighted by molar-refractivity contribution is -0.119. The summed E-state index contributed by atoms with van der Waals surface area (Å²) in [5, 5.41) is 5.14. The van der Waals surface area contributed by atoms with E-state index in [-0.39, 0.29) is 11.8 Å². The fourth-order valence-corrected chi connectivity index (χ4v) is 3.31. The summed E-state index contributed by atoms with van der Waals surface area (Å²) in [4.78, 5) is 30.6. The smallest absolute Gasteiger partial charge is 0.254 e. The van der Waals surface area contributed by atoms with E-state index in [0.29, 0.717) is 23.7 Å². The number of nitrogens with one attached hydrogen (secondary N) is 1. The summed E-state index contributed by atoms with van der Waals surface area (Å²) in [6.07, 6.45) is 3.15. The maximum atomic E-state index is 12.6. The highest BCUT2D eigenvalue weighted by Gasteiger charge is 2.34. The predicted octanol–water partition coefficient (Wildman–Crippen LogP) is 3.15. The lowest BCUT2D eigenvalue weighted by Crippen LogP contribution is -2.43. The van der Waals surface area contributed by atoms with Gasteiger partial charge in [-0.3, -0.25) is 9.59 Å². The molecule has 1 saturated heterocycles. The van der Waals surface area contributed by atoms with Crippen LogP contribution < -0.4 is 5.32 Å². The van der Waals surface area contributed by atoms with Crippen LogP contribution >= 0.6 is 27.3 Å². The van der Waals surface area contributed by atoms with E-state index >= 15 is 0 Å². The molecule has 1 N–H and O–H groups in total. The molecular formula is C15H14BrN3O2S. The van der Waals surface area contributed by atoms with Gasteiger partial charge in [0.1, 0.15) is 6.04 Å². The van der Waals surface area contributed by atoms with E-state index < -0.39 is 6.04 Å². The van der Waals surface area contributed by atoms with Crippen molar-refractivity contribution < 1.29 is 9.59 Å². The molecule has 114 valence electrons. The van der Waals surface area contributed by atoms with Gasteiger partial charge in [-0.2, -0.15) is 0 Å². The van der Waals surface area contributed by atoms with Crippen molar-refractivity contribution in [1.29, 1.82) is 0 Å². The molecule has 0 saturated carbocycles. The van der Waals surface area contributed by atoms with Crippen molar-refractivity contribution in [3.8, 4) is 0 Å². The number of rotatable bonds is 3. The van der Waals surface area contributed by atoms with E-state index in [4.69, 9.17) is 0 Å². The van der Waals surface area contributed by atoms with E-state index in [0.717, 1.165) is 10.9 Å². The fourth-order valence-electron chi connectivity index (χ4n) is 2.51. The molecule has 1 atom stereocenters. The van der Waals surface area contributed by atoms with E-state index in [1.807, 2.05) is 12.1 Å². The number of likely N-dealkylation sites (tertiary alicyclic amines) is 1. The molecule has 1 aliphatic heterocycles. The first-order valence-corrected chi connectivity index (χ1v) is 8.59. The summed E-state index contributed by atoms with van der Waals surface area (Å²) < 4.78 is 0.920. The van der Waals surface area contributed by atoms with Gasteiger partial charge >= 0.3 is 0 Å². The average molecular weight is 380 g/mol. The van der Waals surface area contributed by atoms with Crippen molar-refractivity contribution in [2.45, 2.75) is 18.9 Å². The molecule has 0 radical (unpaired) electrons. The lowest BCUT2D eigenvalue weighted by atomic mass is 10.1. The first-order chi connectivity index (χ1) is 10.6. The Morgan fingerprint density at radius 1 is 1.32 bits per heavy atom.